The second kappa shape index (κ2) is 8.90. The maximum atomic E-state index is 12.0. The smallest absolute Gasteiger partial charge is 0.266 e. The van der Waals surface area contributed by atoms with E-state index in [9.17, 15) is 9.59 Å². The van der Waals surface area contributed by atoms with Gasteiger partial charge >= 0.3 is 0 Å². The molecular weight excluding hydrogens is 341 g/mol. The Morgan fingerprint density at radius 3 is 2.65 bits per heavy atom. The number of aromatic nitrogens is 3. The summed E-state index contributed by atoms with van der Waals surface area (Å²) in [5, 5.41) is 8.59. The van der Waals surface area contributed by atoms with Gasteiger partial charge in [-0.25, -0.2) is 9.50 Å². The van der Waals surface area contributed by atoms with Crippen molar-refractivity contribution >= 4 is 36.4 Å². The van der Waals surface area contributed by atoms with Gasteiger partial charge in [0.2, 0.25) is 5.91 Å². The van der Waals surface area contributed by atoms with Gasteiger partial charge in [-0.15, -0.1) is 24.8 Å². The molecule has 0 fully saturated rings. The number of halogens is 2. The summed E-state index contributed by atoms with van der Waals surface area (Å²) in [6.45, 7) is 6.68. The number of rotatable bonds is 5. The number of carbonyl (C=O) groups is 1. The Labute approximate surface area is 147 Å². The SMILES string of the molecule is CNCC(C)C(=O)NCc1c(C)nc2cc(=O)[nH]n2c1C.Cl.Cl. The zero-order valence-electron chi connectivity index (χ0n) is 13.6. The topological polar surface area (TPSA) is 91.3 Å². The Morgan fingerprint density at radius 1 is 1.39 bits per heavy atom. The van der Waals surface area contributed by atoms with Gasteiger partial charge in [-0.05, 0) is 20.9 Å². The van der Waals surface area contributed by atoms with Gasteiger partial charge in [-0.3, -0.25) is 14.7 Å². The lowest BCUT2D eigenvalue weighted by Gasteiger charge is -2.15. The molecule has 0 aliphatic rings. The first-order valence-corrected chi connectivity index (χ1v) is 6.94. The fraction of sp³-hybridized carbons (Fsp3) is 0.500. The van der Waals surface area contributed by atoms with E-state index in [0.717, 1.165) is 17.0 Å². The van der Waals surface area contributed by atoms with Crippen molar-refractivity contribution in [3.63, 3.8) is 0 Å². The molecule has 2 aromatic rings. The molecule has 1 unspecified atom stereocenters. The summed E-state index contributed by atoms with van der Waals surface area (Å²) < 4.78 is 1.65. The number of nitrogens with zero attached hydrogens (tertiary/aromatic N) is 2. The summed E-state index contributed by atoms with van der Waals surface area (Å²) in [4.78, 5) is 27.7. The number of hydrogen-bond donors (Lipinski definition) is 3. The molecule has 1 atom stereocenters. The van der Waals surface area contributed by atoms with Crippen molar-refractivity contribution in [3.05, 3.63) is 33.4 Å². The van der Waals surface area contributed by atoms with Crippen LogP contribution in [0.3, 0.4) is 0 Å². The summed E-state index contributed by atoms with van der Waals surface area (Å²) in [5.41, 5.74) is 3.01. The highest BCUT2D eigenvalue weighted by Crippen LogP contribution is 2.13. The standard InChI is InChI=1S/C14H21N5O2.2ClH/c1-8(6-15-4)14(21)16-7-11-9(2)17-12-5-13(20)18-19(12)10(11)3;;/h5,8,15H,6-7H2,1-4H3,(H,16,21)(H,18,20);2*1H. The Hall–Kier alpha value is -1.57. The molecule has 0 spiro atoms. The second-order valence-electron chi connectivity index (χ2n) is 5.25. The van der Waals surface area contributed by atoms with Gasteiger partial charge in [-0.1, -0.05) is 6.92 Å². The lowest BCUT2D eigenvalue weighted by molar-refractivity contribution is -0.124. The third-order valence-corrected chi connectivity index (χ3v) is 3.60. The minimum absolute atomic E-state index is 0. The average molecular weight is 364 g/mol. The van der Waals surface area contributed by atoms with Crippen molar-refractivity contribution in [3.8, 4) is 0 Å². The molecule has 0 saturated carbocycles. The molecule has 0 radical (unpaired) electrons. The quantitative estimate of drug-likeness (QED) is 0.737. The molecular formula is C14H23Cl2N5O2. The van der Waals surface area contributed by atoms with Crippen molar-refractivity contribution in [2.75, 3.05) is 13.6 Å². The Balaban J connectivity index is 0.00000242. The van der Waals surface area contributed by atoms with E-state index >= 15 is 0 Å². The molecule has 0 aliphatic heterocycles. The molecule has 23 heavy (non-hydrogen) atoms. The molecule has 2 heterocycles. The molecule has 0 saturated heterocycles. The predicted molar refractivity (Wildman–Crippen MR) is 94.7 cm³/mol. The largest absolute Gasteiger partial charge is 0.352 e. The lowest BCUT2D eigenvalue weighted by Crippen LogP contribution is -2.34. The van der Waals surface area contributed by atoms with Gasteiger partial charge in [0.1, 0.15) is 0 Å². The van der Waals surface area contributed by atoms with Gasteiger partial charge in [0.15, 0.2) is 5.65 Å². The van der Waals surface area contributed by atoms with Crippen LogP contribution in [0.15, 0.2) is 10.9 Å². The first-order valence-electron chi connectivity index (χ1n) is 6.94. The van der Waals surface area contributed by atoms with Crippen molar-refractivity contribution in [1.82, 2.24) is 25.2 Å². The average Bonchev–Trinajstić information content (AvgIpc) is 2.79. The van der Waals surface area contributed by atoms with Crippen LogP contribution in [0.1, 0.15) is 23.9 Å². The molecule has 0 aliphatic carbocycles. The minimum Gasteiger partial charge on any atom is -0.352 e. The van der Waals surface area contributed by atoms with Crippen LogP contribution in [0.2, 0.25) is 0 Å². The van der Waals surface area contributed by atoms with E-state index in [1.54, 1.807) is 4.52 Å². The van der Waals surface area contributed by atoms with E-state index < -0.39 is 0 Å². The number of carbonyl (C=O) groups excluding carboxylic acids is 1. The molecule has 7 nitrogen and oxygen atoms in total. The molecule has 2 rings (SSSR count). The van der Waals surface area contributed by atoms with E-state index in [2.05, 4.69) is 20.7 Å². The van der Waals surface area contributed by atoms with Crippen LogP contribution in [0.4, 0.5) is 0 Å². The van der Waals surface area contributed by atoms with Crippen LogP contribution in [-0.4, -0.2) is 34.1 Å². The molecule has 0 aromatic carbocycles. The van der Waals surface area contributed by atoms with Gasteiger partial charge in [0, 0.05) is 42.0 Å². The van der Waals surface area contributed by atoms with E-state index in [1.807, 2.05) is 27.8 Å². The number of amides is 1. The van der Waals surface area contributed by atoms with E-state index in [0.29, 0.717) is 18.7 Å². The fourth-order valence-electron chi connectivity index (χ4n) is 2.36. The highest BCUT2D eigenvalue weighted by Gasteiger charge is 2.14. The van der Waals surface area contributed by atoms with Gasteiger partial charge < -0.3 is 10.6 Å². The maximum Gasteiger partial charge on any atom is 0.266 e. The second-order valence-corrected chi connectivity index (χ2v) is 5.25. The van der Waals surface area contributed by atoms with Gasteiger partial charge in [0.05, 0.1) is 0 Å². The van der Waals surface area contributed by atoms with Gasteiger partial charge in [-0.2, -0.15) is 0 Å². The van der Waals surface area contributed by atoms with Crippen LogP contribution in [0.5, 0.6) is 0 Å². The number of H-pyrrole nitrogens is 1. The summed E-state index contributed by atoms with van der Waals surface area (Å²) >= 11 is 0. The molecule has 9 heteroatoms. The summed E-state index contributed by atoms with van der Waals surface area (Å²) in [6.07, 6.45) is 0. The number of fused-ring (bicyclic) bond motifs is 1. The summed E-state index contributed by atoms with van der Waals surface area (Å²) in [6, 6.07) is 1.46. The van der Waals surface area contributed by atoms with Crippen molar-refractivity contribution in [1.29, 1.82) is 0 Å². The van der Waals surface area contributed by atoms with Crippen LogP contribution < -0.4 is 16.2 Å². The van der Waals surface area contributed by atoms with Crippen LogP contribution in [0.25, 0.3) is 5.65 Å². The Bertz CT molecular complexity index is 726. The number of hydrogen-bond acceptors (Lipinski definition) is 4. The zero-order chi connectivity index (χ0) is 15.6. The first kappa shape index (κ1) is 21.4. The first-order chi connectivity index (χ1) is 9.93. The Kier molecular flexibility index (Phi) is 8.30. The van der Waals surface area contributed by atoms with Gasteiger partial charge in [0.25, 0.3) is 5.56 Å². The minimum atomic E-state index is -0.186. The Morgan fingerprint density at radius 2 is 2.04 bits per heavy atom. The highest BCUT2D eigenvalue weighted by atomic mass is 35.5. The van der Waals surface area contributed by atoms with Crippen LogP contribution in [0, 0.1) is 19.8 Å². The van der Waals surface area contributed by atoms with Crippen molar-refractivity contribution in [2.24, 2.45) is 5.92 Å². The van der Waals surface area contributed by atoms with E-state index in [-0.39, 0.29) is 42.2 Å². The number of nitrogens with one attached hydrogen (secondary N) is 3. The monoisotopic (exact) mass is 363 g/mol. The van der Waals surface area contributed by atoms with Crippen LogP contribution >= 0.6 is 24.8 Å². The number of aromatic amines is 1. The van der Waals surface area contributed by atoms with Crippen molar-refractivity contribution in [2.45, 2.75) is 27.3 Å². The summed E-state index contributed by atoms with van der Waals surface area (Å²) in [5.74, 6) is -0.108. The normalized spacial score (nSPS) is 11.5. The third kappa shape index (κ3) is 4.70. The van der Waals surface area contributed by atoms with Crippen molar-refractivity contribution < 1.29 is 4.79 Å². The zero-order valence-corrected chi connectivity index (χ0v) is 15.2. The summed E-state index contributed by atoms with van der Waals surface area (Å²) in [7, 11) is 1.82. The molecule has 130 valence electrons. The lowest BCUT2D eigenvalue weighted by atomic mass is 10.1. The van der Waals surface area contributed by atoms with E-state index in [1.165, 1.54) is 6.07 Å². The maximum absolute atomic E-state index is 12.0. The molecule has 1 amide bonds. The highest BCUT2D eigenvalue weighted by molar-refractivity contribution is 5.85. The molecule has 3 N–H and O–H groups in total. The van der Waals surface area contributed by atoms with Crippen LogP contribution in [-0.2, 0) is 11.3 Å². The fourth-order valence-corrected chi connectivity index (χ4v) is 2.36. The number of aryl methyl sites for hydroxylation is 2. The third-order valence-electron chi connectivity index (χ3n) is 3.60. The van der Waals surface area contributed by atoms with E-state index in [4.69, 9.17) is 0 Å². The predicted octanol–water partition coefficient (Wildman–Crippen LogP) is 0.955. The molecule has 2 aromatic heterocycles. The molecule has 0 bridgehead atoms.